The number of carboxylic acid groups (broad SMARTS) is 1. The molecule has 2 unspecified atom stereocenters. The number of nitrogens with zero attached hydrogens (tertiary/aromatic N) is 4. The van der Waals surface area contributed by atoms with Crippen molar-refractivity contribution in [2.45, 2.75) is 37.5 Å². The molecule has 8 rings (SSSR count). The zero-order valence-electron chi connectivity index (χ0n) is 26.2. The van der Waals surface area contributed by atoms with Gasteiger partial charge in [0.15, 0.2) is 6.73 Å². The topological polar surface area (TPSA) is 95.0 Å². The van der Waals surface area contributed by atoms with E-state index in [4.69, 9.17) is 37.4 Å². The van der Waals surface area contributed by atoms with Crippen LogP contribution >= 0.6 is 23.2 Å². The fourth-order valence-corrected chi connectivity index (χ4v) is 8.51. The van der Waals surface area contributed by atoms with Gasteiger partial charge in [-0.15, -0.1) is 0 Å². The molecule has 48 heavy (non-hydrogen) atoms. The Morgan fingerprint density at radius 3 is 2.40 bits per heavy atom. The van der Waals surface area contributed by atoms with Crippen LogP contribution in [-0.4, -0.2) is 104 Å². The predicted octanol–water partition coefficient (Wildman–Crippen LogP) is 5.38. The Hall–Kier alpha value is -3.61. The van der Waals surface area contributed by atoms with E-state index in [1.54, 1.807) is 30.3 Å². The average Bonchev–Trinajstić information content (AvgIpc) is 3.33. The van der Waals surface area contributed by atoms with Crippen LogP contribution in [0.15, 0.2) is 42.5 Å². The average molecular weight is 698 g/mol. The minimum Gasteiger partial charge on any atom is -0.478 e. The normalized spacial score (nSPS) is 23.8. The molecule has 5 heterocycles. The lowest BCUT2D eigenvalue weighted by Crippen LogP contribution is -2.58. The lowest BCUT2D eigenvalue weighted by atomic mass is 9.96. The number of rotatable bonds is 5. The Morgan fingerprint density at radius 1 is 0.896 bits per heavy atom. The number of hydrogen-bond donors (Lipinski definition) is 1. The van der Waals surface area contributed by atoms with Gasteiger partial charge in [0, 0.05) is 48.6 Å². The Kier molecular flexibility index (Phi) is 8.36. The van der Waals surface area contributed by atoms with Crippen molar-refractivity contribution in [3.63, 3.8) is 0 Å². The molecule has 13 heteroatoms. The number of para-hydroxylation sites is 1. The lowest BCUT2D eigenvalue weighted by molar-refractivity contribution is -0.0116. The number of carbonyl (C=O) groups excluding carboxylic acids is 1. The maximum absolute atomic E-state index is 15.7. The van der Waals surface area contributed by atoms with Crippen molar-refractivity contribution in [1.29, 1.82) is 0 Å². The van der Waals surface area contributed by atoms with Crippen molar-refractivity contribution < 1.29 is 33.3 Å². The second-order valence-electron chi connectivity index (χ2n) is 13.0. The molecule has 0 saturated carbocycles. The first-order valence-electron chi connectivity index (χ1n) is 16.3. The third-order valence-electron chi connectivity index (χ3n) is 10.3. The van der Waals surface area contributed by atoms with Crippen LogP contribution in [0.2, 0.25) is 10.0 Å². The SMILES string of the molecule is O=C(O)c1cc(F)c(-c2cccc3c2OCN(C(=O)c2c(Cl)cc(N4CCN5CCOC[C@@H]5C4)cc2Cl)C3)cc1N1C2CCC1COC2. The van der Waals surface area contributed by atoms with Crippen LogP contribution in [0.3, 0.4) is 0 Å². The predicted molar refractivity (Wildman–Crippen MR) is 179 cm³/mol. The molecule has 10 nitrogen and oxygen atoms in total. The van der Waals surface area contributed by atoms with Crippen molar-refractivity contribution >= 4 is 46.5 Å². The van der Waals surface area contributed by atoms with Crippen LogP contribution in [0, 0.1) is 5.82 Å². The van der Waals surface area contributed by atoms with Crippen molar-refractivity contribution in [1.82, 2.24) is 9.80 Å². The fourth-order valence-electron chi connectivity index (χ4n) is 7.88. The number of amides is 1. The van der Waals surface area contributed by atoms with Gasteiger partial charge in [0.1, 0.15) is 11.6 Å². The van der Waals surface area contributed by atoms with Crippen LogP contribution in [0.5, 0.6) is 5.75 Å². The first-order valence-corrected chi connectivity index (χ1v) is 17.1. The molecule has 3 aromatic rings. The van der Waals surface area contributed by atoms with Gasteiger partial charge in [-0.1, -0.05) is 41.4 Å². The maximum atomic E-state index is 15.7. The standard InChI is InChI=1S/C35H35Cl2FN4O6/c36-28-10-23(40-7-6-39-8-9-46-18-24(39)15-40)11-29(37)32(28)34(43)41-14-20-2-1-3-25(33(20)48-19-41)26-13-31(27(35(44)45)12-30(26)38)42-21-4-5-22(42)17-47-16-21/h1-3,10-13,21-22,24H,4-9,14-19H2,(H,44,45)/t21?,22?,24-/m0/s1. The zero-order chi connectivity index (χ0) is 33.1. The first kappa shape index (κ1) is 31.6. The summed E-state index contributed by atoms with van der Waals surface area (Å²) in [4.78, 5) is 34.3. The molecule has 0 aliphatic carbocycles. The molecular formula is C35H35Cl2FN4O6. The van der Waals surface area contributed by atoms with E-state index in [0.717, 1.165) is 57.4 Å². The van der Waals surface area contributed by atoms with Gasteiger partial charge < -0.3 is 34.0 Å². The molecule has 1 N–H and O–H groups in total. The third-order valence-corrected chi connectivity index (χ3v) is 10.9. The fraction of sp³-hybridized carbons (Fsp3) is 0.429. The second-order valence-corrected chi connectivity index (χ2v) is 13.9. The van der Waals surface area contributed by atoms with Crippen LogP contribution in [-0.2, 0) is 16.0 Å². The summed E-state index contributed by atoms with van der Waals surface area (Å²) in [7, 11) is 0. The third kappa shape index (κ3) is 5.55. The van der Waals surface area contributed by atoms with Gasteiger partial charge in [-0.2, -0.15) is 0 Å². The largest absolute Gasteiger partial charge is 0.478 e. The van der Waals surface area contributed by atoms with E-state index < -0.39 is 11.8 Å². The summed E-state index contributed by atoms with van der Waals surface area (Å²) in [6, 6.07) is 12.0. The summed E-state index contributed by atoms with van der Waals surface area (Å²) < 4.78 is 33.3. The minimum atomic E-state index is -1.19. The molecule has 5 aliphatic heterocycles. The van der Waals surface area contributed by atoms with Gasteiger partial charge in [0.05, 0.1) is 78.0 Å². The summed E-state index contributed by atoms with van der Waals surface area (Å²) in [6.45, 7) is 5.98. The molecule has 4 fully saturated rings. The number of halogens is 3. The number of benzene rings is 3. The van der Waals surface area contributed by atoms with Crippen molar-refractivity contribution in [2.24, 2.45) is 0 Å². The maximum Gasteiger partial charge on any atom is 0.337 e. The number of carboxylic acids is 1. The Bertz CT molecular complexity index is 1750. The zero-order valence-corrected chi connectivity index (χ0v) is 27.7. The van der Waals surface area contributed by atoms with E-state index in [-0.39, 0.29) is 58.0 Å². The van der Waals surface area contributed by atoms with Crippen LogP contribution in [0.1, 0.15) is 39.1 Å². The molecule has 0 spiro atoms. The Balaban J connectivity index is 1.05. The van der Waals surface area contributed by atoms with Gasteiger partial charge in [0.25, 0.3) is 5.91 Å². The highest BCUT2D eigenvalue weighted by atomic mass is 35.5. The molecule has 252 valence electrons. The number of aromatic carboxylic acids is 1. The van der Waals surface area contributed by atoms with Gasteiger partial charge >= 0.3 is 5.97 Å². The van der Waals surface area contributed by atoms with E-state index in [1.165, 1.54) is 4.90 Å². The highest BCUT2D eigenvalue weighted by Crippen LogP contribution is 2.43. The molecule has 3 aromatic carbocycles. The second kappa shape index (κ2) is 12.7. The highest BCUT2D eigenvalue weighted by Gasteiger charge is 2.40. The van der Waals surface area contributed by atoms with Gasteiger partial charge in [0.2, 0.25) is 0 Å². The molecule has 0 aromatic heterocycles. The summed E-state index contributed by atoms with van der Waals surface area (Å²) in [6.07, 6.45) is 1.77. The quantitative estimate of drug-likeness (QED) is 0.378. The van der Waals surface area contributed by atoms with Crippen LogP contribution in [0.4, 0.5) is 15.8 Å². The summed E-state index contributed by atoms with van der Waals surface area (Å²) in [5.41, 5.74) is 2.85. The van der Waals surface area contributed by atoms with Crippen LogP contribution in [0.25, 0.3) is 11.1 Å². The molecule has 3 atom stereocenters. The van der Waals surface area contributed by atoms with Gasteiger partial charge in [-0.25, -0.2) is 9.18 Å². The van der Waals surface area contributed by atoms with Crippen molar-refractivity contribution in [3.05, 3.63) is 75.0 Å². The number of piperazine rings is 1. The van der Waals surface area contributed by atoms with Crippen LogP contribution < -0.4 is 14.5 Å². The monoisotopic (exact) mass is 696 g/mol. The van der Waals surface area contributed by atoms with E-state index in [9.17, 15) is 14.7 Å². The molecule has 2 bridgehead atoms. The van der Waals surface area contributed by atoms with E-state index in [0.29, 0.717) is 48.4 Å². The van der Waals surface area contributed by atoms with E-state index in [1.807, 2.05) is 6.07 Å². The summed E-state index contributed by atoms with van der Waals surface area (Å²) in [5.74, 6) is -1.78. The Morgan fingerprint density at radius 2 is 1.65 bits per heavy atom. The lowest BCUT2D eigenvalue weighted by Gasteiger charge is -2.44. The number of ether oxygens (including phenoxy) is 3. The number of anilines is 2. The van der Waals surface area contributed by atoms with Crippen molar-refractivity contribution in [3.8, 4) is 16.9 Å². The molecule has 0 radical (unpaired) electrons. The summed E-state index contributed by atoms with van der Waals surface area (Å²) in [5, 5.41) is 10.5. The Labute approximate surface area is 287 Å². The van der Waals surface area contributed by atoms with E-state index in [2.05, 4.69) is 14.7 Å². The van der Waals surface area contributed by atoms with Gasteiger partial charge in [-0.05, 0) is 37.1 Å². The summed E-state index contributed by atoms with van der Waals surface area (Å²) >= 11 is 13.5. The number of carbonyl (C=O) groups is 2. The molecule has 4 saturated heterocycles. The minimum absolute atomic E-state index is 0.0325. The highest BCUT2D eigenvalue weighted by molar-refractivity contribution is 6.40. The number of morpholine rings is 2. The number of hydrogen-bond acceptors (Lipinski definition) is 8. The molecule has 1 amide bonds. The smallest absolute Gasteiger partial charge is 0.337 e. The molecule has 5 aliphatic rings. The molecular weight excluding hydrogens is 662 g/mol. The van der Waals surface area contributed by atoms with Crippen molar-refractivity contribution in [2.75, 3.05) is 69.1 Å². The number of fused-ring (bicyclic) bond motifs is 4. The van der Waals surface area contributed by atoms with E-state index >= 15 is 4.39 Å². The van der Waals surface area contributed by atoms with Gasteiger partial charge in [-0.3, -0.25) is 9.69 Å². The first-order chi connectivity index (χ1) is 23.3.